The topological polar surface area (TPSA) is 30.7 Å². The van der Waals surface area contributed by atoms with Crippen molar-refractivity contribution in [3.63, 3.8) is 0 Å². The molecule has 0 bridgehead atoms. The van der Waals surface area contributed by atoms with Crippen LogP contribution in [-0.4, -0.2) is 14.8 Å². The highest BCUT2D eigenvalue weighted by atomic mass is 15.3. The zero-order valence-electron chi connectivity index (χ0n) is 10.6. The van der Waals surface area contributed by atoms with E-state index in [-0.39, 0.29) is 0 Å². The molecule has 0 atom stereocenters. The summed E-state index contributed by atoms with van der Waals surface area (Å²) >= 11 is 0. The molecule has 0 radical (unpaired) electrons. The SMILES string of the molecule is c1ccc(Cc2ncn(Cc3ccccc3)n2)cc1. The lowest BCUT2D eigenvalue weighted by Gasteiger charge is -2.00. The molecule has 0 amide bonds. The van der Waals surface area contributed by atoms with Gasteiger partial charge < -0.3 is 0 Å². The summed E-state index contributed by atoms with van der Waals surface area (Å²) in [5.74, 6) is 0.863. The maximum atomic E-state index is 4.51. The lowest BCUT2D eigenvalue weighted by molar-refractivity contribution is 0.675. The van der Waals surface area contributed by atoms with Gasteiger partial charge in [0, 0.05) is 6.42 Å². The van der Waals surface area contributed by atoms with E-state index in [4.69, 9.17) is 0 Å². The molecule has 3 heteroatoms. The van der Waals surface area contributed by atoms with Gasteiger partial charge in [-0.2, -0.15) is 5.10 Å². The summed E-state index contributed by atoms with van der Waals surface area (Å²) in [6.45, 7) is 0.766. The van der Waals surface area contributed by atoms with Gasteiger partial charge in [-0.3, -0.25) is 0 Å². The fraction of sp³-hybridized carbons (Fsp3) is 0.125. The summed E-state index contributed by atoms with van der Waals surface area (Å²) in [5, 5.41) is 4.51. The molecule has 3 nitrogen and oxygen atoms in total. The normalized spacial score (nSPS) is 10.5. The van der Waals surface area contributed by atoms with E-state index in [0.29, 0.717) is 0 Å². The van der Waals surface area contributed by atoms with Crippen LogP contribution in [0.3, 0.4) is 0 Å². The minimum absolute atomic E-state index is 0.766. The zero-order chi connectivity index (χ0) is 12.9. The van der Waals surface area contributed by atoms with Crippen LogP contribution in [0.2, 0.25) is 0 Å². The van der Waals surface area contributed by atoms with Crippen LogP contribution in [0.25, 0.3) is 0 Å². The van der Waals surface area contributed by atoms with Crippen LogP contribution in [0.5, 0.6) is 0 Å². The molecule has 0 saturated heterocycles. The smallest absolute Gasteiger partial charge is 0.154 e. The third kappa shape index (κ3) is 3.07. The Kier molecular flexibility index (Phi) is 3.36. The van der Waals surface area contributed by atoms with Crippen molar-refractivity contribution in [2.24, 2.45) is 0 Å². The maximum absolute atomic E-state index is 4.51. The van der Waals surface area contributed by atoms with Gasteiger partial charge in [-0.1, -0.05) is 60.7 Å². The van der Waals surface area contributed by atoms with Gasteiger partial charge in [0.25, 0.3) is 0 Å². The Morgan fingerprint density at radius 3 is 2.11 bits per heavy atom. The first-order chi connectivity index (χ1) is 9.40. The Bertz CT molecular complexity index is 573. The van der Waals surface area contributed by atoms with Gasteiger partial charge in [-0.05, 0) is 11.1 Å². The number of hydrogen-bond donors (Lipinski definition) is 0. The second kappa shape index (κ2) is 5.48. The number of nitrogens with zero attached hydrogens (tertiary/aromatic N) is 3. The first-order valence-corrected chi connectivity index (χ1v) is 6.36. The van der Waals surface area contributed by atoms with Gasteiger partial charge in [-0.15, -0.1) is 0 Å². The number of rotatable bonds is 4. The summed E-state index contributed by atoms with van der Waals surface area (Å²) < 4.78 is 1.88. The number of benzene rings is 2. The van der Waals surface area contributed by atoms with Crippen molar-refractivity contribution in [3.8, 4) is 0 Å². The van der Waals surface area contributed by atoms with Crippen LogP contribution in [0.4, 0.5) is 0 Å². The van der Waals surface area contributed by atoms with E-state index in [0.717, 1.165) is 18.8 Å². The van der Waals surface area contributed by atoms with E-state index < -0.39 is 0 Å². The molecule has 0 spiro atoms. The summed E-state index contributed by atoms with van der Waals surface area (Å²) in [7, 11) is 0. The lowest BCUT2D eigenvalue weighted by atomic mass is 10.1. The molecule has 19 heavy (non-hydrogen) atoms. The third-order valence-corrected chi connectivity index (χ3v) is 2.98. The summed E-state index contributed by atoms with van der Waals surface area (Å²) in [4.78, 5) is 4.36. The molecule has 0 saturated carbocycles. The van der Waals surface area contributed by atoms with E-state index in [1.807, 2.05) is 41.1 Å². The molecular formula is C16H15N3. The monoisotopic (exact) mass is 249 g/mol. The van der Waals surface area contributed by atoms with E-state index in [2.05, 4.69) is 34.3 Å². The summed E-state index contributed by atoms with van der Waals surface area (Å²) in [6.07, 6.45) is 2.58. The largest absolute Gasteiger partial charge is 0.248 e. The predicted octanol–water partition coefficient (Wildman–Crippen LogP) is 2.92. The molecule has 1 heterocycles. The first kappa shape index (κ1) is 11.7. The van der Waals surface area contributed by atoms with Crippen molar-refractivity contribution in [1.82, 2.24) is 14.8 Å². The van der Waals surface area contributed by atoms with E-state index >= 15 is 0 Å². The van der Waals surface area contributed by atoms with E-state index in [1.54, 1.807) is 6.33 Å². The first-order valence-electron chi connectivity index (χ1n) is 6.36. The molecule has 0 aliphatic heterocycles. The summed E-state index contributed by atoms with van der Waals surface area (Å²) in [5.41, 5.74) is 2.47. The van der Waals surface area contributed by atoms with Crippen molar-refractivity contribution in [2.45, 2.75) is 13.0 Å². The Balaban J connectivity index is 1.70. The Labute approximate surface area is 112 Å². The average molecular weight is 249 g/mol. The highest BCUT2D eigenvalue weighted by Crippen LogP contribution is 2.06. The molecule has 0 unspecified atom stereocenters. The zero-order valence-corrected chi connectivity index (χ0v) is 10.6. The molecule has 1 aromatic heterocycles. The Morgan fingerprint density at radius 2 is 1.42 bits per heavy atom. The standard InChI is InChI=1S/C16H15N3/c1-3-7-14(8-4-1)11-16-17-13-19(18-16)12-15-9-5-2-6-10-15/h1-10,13H,11-12H2. The average Bonchev–Trinajstić information content (AvgIpc) is 2.88. The van der Waals surface area contributed by atoms with E-state index in [9.17, 15) is 0 Å². The van der Waals surface area contributed by atoms with Crippen LogP contribution < -0.4 is 0 Å². The van der Waals surface area contributed by atoms with Crippen molar-refractivity contribution in [1.29, 1.82) is 0 Å². The maximum Gasteiger partial charge on any atom is 0.154 e. The Morgan fingerprint density at radius 1 is 0.789 bits per heavy atom. The third-order valence-electron chi connectivity index (χ3n) is 2.98. The highest BCUT2D eigenvalue weighted by molar-refractivity contribution is 5.18. The van der Waals surface area contributed by atoms with Gasteiger partial charge in [0.05, 0.1) is 6.54 Å². The van der Waals surface area contributed by atoms with Gasteiger partial charge in [-0.25, -0.2) is 9.67 Å². The van der Waals surface area contributed by atoms with Gasteiger partial charge >= 0.3 is 0 Å². The molecule has 3 aromatic rings. The highest BCUT2D eigenvalue weighted by Gasteiger charge is 2.02. The Hall–Kier alpha value is -2.42. The van der Waals surface area contributed by atoms with Crippen LogP contribution >= 0.6 is 0 Å². The molecule has 2 aromatic carbocycles. The molecule has 3 rings (SSSR count). The minimum atomic E-state index is 0.766. The molecule has 0 aliphatic rings. The quantitative estimate of drug-likeness (QED) is 0.711. The molecule has 0 aliphatic carbocycles. The van der Waals surface area contributed by atoms with Crippen molar-refractivity contribution < 1.29 is 0 Å². The lowest BCUT2D eigenvalue weighted by Crippen LogP contribution is -2.01. The van der Waals surface area contributed by atoms with Gasteiger partial charge in [0.1, 0.15) is 6.33 Å². The molecule has 94 valence electrons. The number of aromatic nitrogens is 3. The molecular weight excluding hydrogens is 234 g/mol. The van der Waals surface area contributed by atoms with Gasteiger partial charge in [0.15, 0.2) is 5.82 Å². The van der Waals surface area contributed by atoms with Crippen LogP contribution in [0, 0.1) is 0 Å². The van der Waals surface area contributed by atoms with Crippen LogP contribution in [0.15, 0.2) is 67.0 Å². The van der Waals surface area contributed by atoms with Crippen LogP contribution in [-0.2, 0) is 13.0 Å². The predicted molar refractivity (Wildman–Crippen MR) is 74.8 cm³/mol. The minimum Gasteiger partial charge on any atom is -0.248 e. The molecule has 0 fully saturated rings. The fourth-order valence-electron chi connectivity index (χ4n) is 2.04. The second-order valence-electron chi connectivity index (χ2n) is 4.51. The summed E-state index contributed by atoms with van der Waals surface area (Å²) in [6, 6.07) is 20.6. The van der Waals surface area contributed by atoms with Crippen molar-refractivity contribution in [2.75, 3.05) is 0 Å². The van der Waals surface area contributed by atoms with Crippen molar-refractivity contribution in [3.05, 3.63) is 83.9 Å². The fourth-order valence-corrected chi connectivity index (χ4v) is 2.04. The van der Waals surface area contributed by atoms with Gasteiger partial charge in [0.2, 0.25) is 0 Å². The van der Waals surface area contributed by atoms with E-state index in [1.165, 1.54) is 11.1 Å². The van der Waals surface area contributed by atoms with Crippen LogP contribution in [0.1, 0.15) is 17.0 Å². The number of hydrogen-bond acceptors (Lipinski definition) is 2. The molecule has 0 N–H and O–H groups in total. The second-order valence-corrected chi connectivity index (χ2v) is 4.51. The van der Waals surface area contributed by atoms with Crippen molar-refractivity contribution >= 4 is 0 Å².